The number of hydrogen-bond acceptors (Lipinski definition) is 4. The summed E-state index contributed by atoms with van der Waals surface area (Å²) in [6.45, 7) is 1.03. The van der Waals surface area contributed by atoms with E-state index in [1.54, 1.807) is 36.4 Å². The maximum atomic E-state index is 12.0. The van der Waals surface area contributed by atoms with Crippen LogP contribution in [0.2, 0.25) is 10.0 Å². The van der Waals surface area contributed by atoms with Gasteiger partial charge in [-0.1, -0.05) is 35.3 Å². The zero-order valence-corrected chi connectivity index (χ0v) is 13.6. The van der Waals surface area contributed by atoms with Crippen molar-refractivity contribution in [2.75, 3.05) is 30.4 Å². The molecule has 0 bridgehead atoms. The van der Waals surface area contributed by atoms with E-state index in [2.05, 4.69) is 10.6 Å². The molecule has 1 heterocycles. The molecule has 0 unspecified atom stereocenters. The Morgan fingerprint density at radius 3 is 2.43 bits per heavy atom. The molecule has 23 heavy (non-hydrogen) atoms. The standard InChI is InChI=1S/C16H14Cl2N2O3/c17-10-3-1-2-4-12(10)20-16(21)9-19-13-8-15-14(7-11(13)18)22-5-6-23-15/h1-4,7-8,19H,5-6,9H2,(H,20,21). The van der Waals surface area contributed by atoms with Crippen LogP contribution >= 0.6 is 23.2 Å². The van der Waals surface area contributed by atoms with Crippen LogP contribution in [0.15, 0.2) is 36.4 Å². The van der Waals surface area contributed by atoms with Crippen LogP contribution < -0.4 is 20.1 Å². The first-order valence-corrected chi connectivity index (χ1v) is 7.76. The number of benzene rings is 2. The molecule has 0 atom stereocenters. The molecule has 0 saturated carbocycles. The molecule has 7 heteroatoms. The lowest BCUT2D eigenvalue weighted by Crippen LogP contribution is -2.22. The number of hydrogen-bond donors (Lipinski definition) is 2. The zero-order valence-electron chi connectivity index (χ0n) is 12.1. The highest BCUT2D eigenvalue weighted by molar-refractivity contribution is 6.34. The minimum absolute atomic E-state index is 0.0462. The summed E-state index contributed by atoms with van der Waals surface area (Å²) in [4.78, 5) is 12.0. The van der Waals surface area contributed by atoms with Crippen molar-refractivity contribution in [3.63, 3.8) is 0 Å². The maximum absolute atomic E-state index is 12.0. The van der Waals surface area contributed by atoms with E-state index >= 15 is 0 Å². The molecule has 0 fully saturated rings. The Labute approximate surface area is 143 Å². The molecule has 2 N–H and O–H groups in total. The number of para-hydroxylation sites is 1. The van der Waals surface area contributed by atoms with Crippen LogP contribution in [-0.2, 0) is 4.79 Å². The number of fused-ring (bicyclic) bond motifs is 1. The van der Waals surface area contributed by atoms with Gasteiger partial charge in [-0.3, -0.25) is 4.79 Å². The average molecular weight is 353 g/mol. The third-order valence-electron chi connectivity index (χ3n) is 3.22. The highest BCUT2D eigenvalue weighted by Crippen LogP contribution is 2.37. The first kappa shape index (κ1) is 15.8. The van der Waals surface area contributed by atoms with E-state index < -0.39 is 0 Å². The Kier molecular flexibility index (Phi) is 4.79. The molecule has 5 nitrogen and oxygen atoms in total. The largest absolute Gasteiger partial charge is 0.486 e. The van der Waals surface area contributed by atoms with E-state index in [4.69, 9.17) is 32.7 Å². The number of nitrogens with one attached hydrogen (secondary N) is 2. The van der Waals surface area contributed by atoms with Gasteiger partial charge in [-0.15, -0.1) is 0 Å². The molecule has 1 aliphatic heterocycles. The second-order valence-corrected chi connectivity index (χ2v) is 5.67. The van der Waals surface area contributed by atoms with Crippen LogP contribution in [-0.4, -0.2) is 25.7 Å². The minimum atomic E-state index is -0.232. The molecular weight excluding hydrogens is 339 g/mol. The lowest BCUT2D eigenvalue weighted by Gasteiger charge is -2.20. The summed E-state index contributed by atoms with van der Waals surface area (Å²) in [7, 11) is 0. The van der Waals surface area contributed by atoms with E-state index in [9.17, 15) is 4.79 Å². The normalized spacial score (nSPS) is 12.6. The van der Waals surface area contributed by atoms with Crippen molar-refractivity contribution in [1.82, 2.24) is 0 Å². The van der Waals surface area contributed by atoms with Crippen molar-refractivity contribution < 1.29 is 14.3 Å². The average Bonchev–Trinajstić information content (AvgIpc) is 2.55. The fourth-order valence-electron chi connectivity index (χ4n) is 2.13. The van der Waals surface area contributed by atoms with Gasteiger partial charge in [-0.2, -0.15) is 0 Å². The van der Waals surface area contributed by atoms with Crippen LogP contribution in [0.25, 0.3) is 0 Å². The van der Waals surface area contributed by atoms with Crippen LogP contribution in [0, 0.1) is 0 Å². The van der Waals surface area contributed by atoms with Crippen molar-refractivity contribution in [1.29, 1.82) is 0 Å². The summed E-state index contributed by atoms with van der Waals surface area (Å²) in [5.41, 5.74) is 1.17. The number of halogens is 2. The Hall–Kier alpha value is -2.11. The topological polar surface area (TPSA) is 59.6 Å². The number of rotatable bonds is 4. The molecule has 0 saturated heterocycles. The summed E-state index contributed by atoms with van der Waals surface area (Å²) in [5, 5.41) is 6.65. The van der Waals surface area contributed by atoms with E-state index in [1.807, 2.05) is 0 Å². The first-order valence-electron chi connectivity index (χ1n) is 7.01. The lowest BCUT2D eigenvalue weighted by atomic mass is 10.2. The molecule has 3 rings (SSSR count). The van der Waals surface area contributed by atoms with Crippen molar-refractivity contribution in [3.8, 4) is 11.5 Å². The van der Waals surface area contributed by atoms with E-state index in [1.165, 1.54) is 0 Å². The monoisotopic (exact) mass is 352 g/mol. The fourth-order valence-corrected chi connectivity index (χ4v) is 2.54. The second kappa shape index (κ2) is 6.98. The Balaban J connectivity index is 1.64. The van der Waals surface area contributed by atoms with Crippen LogP contribution in [0.4, 0.5) is 11.4 Å². The third-order valence-corrected chi connectivity index (χ3v) is 3.86. The molecule has 0 radical (unpaired) electrons. The molecule has 0 aliphatic carbocycles. The third kappa shape index (κ3) is 3.81. The quantitative estimate of drug-likeness (QED) is 0.878. The summed E-state index contributed by atoms with van der Waals surface area (Å²) in [6, 6.07) is 10.4. The van der Waals surface area contributed by atoms with Gasteiger partial charge >= 0.3 is 0 Å². The molecule has 120 valence electrons. The predicted molar refractivity (Wildman–Crippen MR) is 91.0 cm³/mol. The summed E-state index contributed by atoms with van der Waals surface area (Å²) < 4.78 is 10.9. The van der Waals surface area contributed by atoms with Gasteiger partial charge in [-0.05, 0) is 12.1 Å². The van der Waals surface area contributed by atoms with E-state index in [0.717, 1.165) is 0 Å². The maximum Gasteiger partial charge on any atom is 0.243 e. The Morgan fingerprint density at radius 2 is 1.70 bits per heavy atom. The van der Waals surface area contributed by atoms with Crippen LogP contribution in [0.3, 0.4) is 0 Å². The summed E-state index contributed by atoms with van der Waals surface area (Å²) >= 11 is 12.2. The van der Waals surface area contributed by atoms with Gasteiger partial charge in [0.05, 0.1) is 28.0 Å². The fraction of sp³-hybridized carbons (Fsp3) is 0.188. The van der Waals surface area contributed by atoms with Gasteiger partial charge in [0.25, 0.3) is 0 Å². The van der Waals surface area contributed by atoms with Crippen molar-refractivity contribution in [2.45, 2.75) is 0 Å². The highest BCUT2D eigenvalue weighted by Gasteiger charge is 2.15. The SMILES string of the molecule is O=C(CNc1cc2c(cc1Cl)OCCO2)Nc1ccccc1Cl. The van der Waals surface area contributed by atoms with Gasteiger partial charge in [0, 0.05) is 12.1 Å². The number of carbonyl (C=O) groups excluding carboxylic acids is 1. The van der Waals surface area contributed by atoms with Gasteiger partial charge in [-0.25, -0.2) is 0 Å². The minimum Gasteiger partial charge on any atom is -0.486 e. The molecule has 2 aromatic carbocycles. The van der Waals surface area contributed by atoms with Gasteiger partial charge in [0.1, 0.15) is 13.2 Å². The van der Waals surface area contributed by atoms with Gasteiger partial charge in [0.2, 0.25) is 5.91 Å². The number of amides is 1. The number of anilines is 2. The molecule has 2 aromatic rings. The van der Waals surface area contributed by atoms with Crippen molar-refractivity contribution in [3.05, 3.63) is 46.4 Å². The molecular formula is C16H14Cl2N2O3. The molecule has 1 aliphatic rings. The van der Waals surface area contributed by atoms with Crippen LogP contribution in [0.1, 0.15) is 0 Å². The van der Waals surface area contributed by atoms with Crippen LogP contribution in [0.5, 0.6) is 11.5 Å². The lowest BCUT2D eigenvalue weighted by molar-refractivity contribution is -0.114. The van der Waals surface area contributed by atoms with E-state index in [-0.39, 0.29) is 12.5 Å². The summed E-state index contributed by atoms with van der Waals surface area (Å²) in [6.07, 6.45) is 0. The Morgan fingerprint density at radius 1 is 1.00 bits per heavy atom. The summed E-state index contributed by atoms with van der Waals surface area (Å²) in [5.74, 6) is 0.978. The Bertz CT molecular complexity index is 737. The highest BCUT2D eigenvalue weighted by atomic mass is 35.5. The van der Waals surface area contributed by atoms with Crippen molar-refractivity contribution in [2.24, 2.45) is 0 Å². The number of carbonyl (C=O) groups is 1. The van der Waals surface area contributed by atoms with Gasteiger partial charge in [0.15, 0.2) is 11.5 Å². The molecule has 0 aromatic heterocycles. The predicted octanol–water partition coefficient (Wildman–Crippen LogP) is 3.82. The van der Waals surface area contributed by atoms with Crippen molar-refractivity contribution >= 4 is 40.5 Å². The van der Waals surface area contributed by atoms with Gasteiger partial charge < -0.3 is 20.1 Å². The molecule has 1 amide bonds. The first-order chi connectivity index (χ1) is 11.1. The number of ether oxygens (including phenoxy) is 2. The zero-order chi connectivity index (χ0) is 16.2. The second-order valence-electron chi connectivity index (χ2n) is 4.86. The van der Waals surface area contributed by atoms with E-state index in [0.29, 0.717) is 46.1 Å². The molecule has 0 spiro atoms. The smallest absolute Gasteiger partial charge is 0.243 e.